The van der Waals surface area contributed by atoms with Crippen LogP contribution in [0.3, 0.4) is 0 Å². The Morgan fingerprint density at radius 1 is 0.716 bits per heavy atom. The van der Waals surface area contributed by atoms with Gasteiger partial charge in [0.1, 0.15) is 11.6 Å². The van der Waals surface area contributed by atoms with Crippen LogP contribution in [-0.4, -0.2) is 89.7 Å². The van der Waals surface area contributed by atoms with Crippen molar-refractivity contribution in [3.05, 3.63) is 108 Å². The molecule has 17 nitrogen and oxygen atoms in total. The van der Waals surface area contributed by atoms with E-state index in [-0.39, 0.29) is 99.5 Å². The van der Waals surface area contributed by atoms with Gasteiger partial charge in [-0.1, -0.05) is 44.2 Å². The molecule has 0 spiro atoms. The third-order valence-corrected chi connectivity index (χ3v) is 13.9. The predicted molar refractivity (Wildman–Crippen MR) is 275 cm³/mol. The van der Waals surface area contributed by atoms with Crippen molar-refractivity contribution in [3.63, 3.8) is 0 Å². The fourth-order valence-electron chi connectivity index (χ4n) is 9.93. The number of aromatic nitrogens is 4. The van der Waals surface area contributed by atoms with Crippen molar-refractivity contribution in [3.8, 4) is 11.8 Å². The second-order valence-corrected chi connectivity index (χ2v) is 19.4. The van der Waals surface area contributed by atoms with Crippen molar-refractivity contribution in [2.45, 2.75) is 117 Å². The van der Waals surface area contributed by atoms with E-state index in [1.165, 1.54) is 11.1 Å². The molecule has 0 radical (unpaired) electrons. The van der Waals surface area contributed by atoms with E-state index in [0.29, 0.717) is 36.8 Å². The molecule has 2 fully saturated rings. The molecule has 2 saturated carbocycles. The van der Waals surface area contributed by atoms with Crippen LogP contribution in [0.1, 0.15) is 131 Å². The van der Waals surface area contributed by atoms with Gasteiger partial charge in [-0.3, -0.25) is 19.2 Å². The summed E-state index contributed by atoms with van der Waals surface area (Å²) in [5.41, 5.74) is 5.16. The predicted octanol–water partition coefficient (Wildman–Crippen LogP) is 5.36. The Bertz CT molecular complexity index is 2470. The maximum absolute atomic E-state index is 13.2. The minimum Gasteiger partial charge on any atom is -0.870 e. The first kappa shape index (κ1) is 63.3. The maximum atomic E-state index is 13.2. The summed E-state index contributed by atoms with van der Waals surface area (Å²) < 4.78 is 20.5. The van der Waals surface area contributed by atoms with Gasteiger partial charge in [0.15, 0.2) is 0 Å². The van der Waals surface area contributed by atoms with Crippen LogP contribution in [0.4, 0.5) is 11.6 Å². The molecule has 0 saturated heterocycles. The molecule has 8 rings (SSSR count). The van der Waals surface area contributed by atoms with Crippen molar-refractivity contribution < 1.29 is 93.6 Å². The molecule has 400 valence electrons. The molecular formula is C55H74N8NaO9Pd-. The molecule has 2 aliphatic heterocycles. The molecule has 0 unspecified atom stereocenters. The monoisotopic (exact) mass is 1120 g/mol. The van der Waals surface area contributed by atoms with Gasteiger partial charge in [-0.15, -0.1) is 0 Å². The molecule has 4 aliphatic rings. The van der Waals surface area contributed by atoms with Gasteiger partial charge in [0, 0.05) is 74.6 Å². The zero-order chi connectivity index (χ0) is 49.7. The van der Waals surface area contributed by atoms with E-state index in [1.54, 1.807) is 52.6 Å². The third-order valence-electron chi connectivity index (χ3n) is 13.9. The number of fused-ring (bicyclic) bond motifs is 2. The molecule has 6 heterocycles. The van der Waals surface area contributed by atoms with E-state index >= 15 is 0 Å². The van der Waals surface area contributed by atoms with E-state index in [0.717, 1.165) is 111 Å². The Hall–Kier alpha value is -4.96. The van der Waals surface area contributed by atoms with E-state index in [9.17, 15) is 19.2 Å². The van der Waals surface area contributed by atoms with Crippen molar-refractivity contribution in [1.82, 2.24) is 30.6 Å². The summed E-state index contributed by atoms with van der Waals surface area (Å²) in [7, 11) is 3.09. The Morgan fingerprint density at radius 2 is 1.20 bits per heavy atom. The van der Waals surface area contributed by atoms with E-state index in [4.69, 9.17) is 28.9 Å². The summed E-state index contributed by atoms with van der Waals surface area (Å²) in [5, 5.41) is 12.9. The van der Waals surface area contributed by atoms with Gasteiger partial charge in [-0.05, 0) is 130 Å². The number of hydrogen-bond acceptors (Lipinski definition) is 15. The standard InChI is InChI=1S/C27H36N4O4.C27H34N4O4.CH3.Na.H2O.Pd/c2*1-4-35-24(32)14-22(20-9-12-23(34-3)29-17-20)31-26(33)27(2)15-18(16-27)7-10-21-11-8-19-6-5-13-28-25(19)30-21;;;;/h8-9,11-12,17-18,22H,4-7,10,13-16H2,1-3H3,(H,28,30)(H,31,33);7-12,17-18,22H,4-6,13-16H2,1-3H3,(H,28,30)(H,31,33);1H3;;1H2;/q;;-1;+1;;/p-1/t2*18?,22-,27?;;;;/m00..../s1. The fraction of sp³-hybridized carbons (Fsp3) is 0.509. The third kappa shape index (κ3) is 17.0. The van der Waals surface area contributed by atoms with Gasteiger partial charge in [-0.2, -0.15) is 0 Å². The summed E-state index contributed by atoms with van der Waals surface area (Å²) in [6.45, 7) is 10.1. The van der Waals surface area contributed by atoms with Gasteiger partial charge in [0.05, 0.1) is 58.1 Å². The van der Waals surface area contributed by atoms with Gasteiger partial charge in [0.2, 0.25) is 23.6 Å². The number of nitrogens with zero attached hydrogens (tertiary/aromatic N) is 4. The van der Waals surface area contributed by atoms with Crippen LogP contribution in [0, 0.1) is 30.1 Å². The van der Waals surface area contributed by atoms with Crippen LogP contribution in [0.5, 0.6) is 11.8 Å². The number of anilines is 2. The van der Waals surface area contributed by atoms with Gasteiger partial charge < -0.3 is 53.1 Å². The zero-order valence-corrected chi connectivity index (χ0v) is 47.9. The molecule has 5 N–H and O–H groups in total. The molecule has 2 aliphatic carbocycles. The molecule has 0 aromatic carbocycles. The van der Waals surface area contributed by atoms with E-state index in [2.05, 4.69) is 61.6 Å². The van der Waals surface area contributed by atoms with Crippen LogP contribution in [0.15, 0.2) is 67.0 Å². The Labute approximate surface area is 473 Å². The van der Waals surface area contributed by atoms with Crippen LogP contribution < -0.4 is 60.3 Å². The number of pyridine rings is 4. The summed E-state index contributed by atoms with van der Waals surface area (Å²) >= 11 is 0. The number of carbonyl (C=O) groups is 4. The molecule has 4 aromatic rings. The smallest absolute Gasteiger partial charge is 0.870 e. The van der Waals surface area contributed by atoms with Gasteiger partial charge in [-0.25, -0.2) is 19.9 Å². The Balaban J connectivity index is 0.000000370. The van der Waals surface area contributed by atoms with Gasteiger partial charge >= 0.3 is 41.5 Å². The largest absolute Gasteiger partial charge is 1.00 e. The molecule has 0 bridgehead atoms. The number of allylic oxidation sites excluding steroid dienone is 1. The second kappa shape index (κ2) is 30.0. The zero-order valence-electron chi connectivity index (χ0n) is 44.4. The number of rotatable bonds is 19. The van der Waals surface area contributed by atoms with E-state index in [1.807, 2.05) is 32.1 Å². The number of methoxy groups -OCH3 is 2. The topological polar surface area (TPSA) is 235 Å². The number of aryl methyl sites for hydroxylation is 3. The molecule has 2 atom stereocenters. The first-order valence-electron chi connectivity index (χ1n) is 24.9. The maximum Gasteiger partial charge on any atom is 1.00 e. The number of amides is 2. The fourth-order valence-corrected chi connectivity index (χ4v) is 9.93. The average molecular weight is 1120 g/mol. The SMILES string of the molecule is CCOC(=O)C[C@H](NC(=O)C1(C)CC(C=Cc2ccc3c(n2)NCCC3)C1)c1ccc(OC)nc1.CCOC(=O)C[C@H](NC(=O)C1(C)CC(CCc2ccc3c(n2)NCCC3)C1)c1ccc(OC)nc1.[CH3-].[Na+].[OH-].[Pd]. The van der Waals surface area contributed by atoms with Crippen molar-refractivity contribution >= 4 is 41.5 Å². The number of hydrogen-bond donors (Lipinski definition) is 4. The summed E-state index contributed by atoms with van der Waals surface area (Å²) in [6, 6.07) is 14.6. The summed E-state index contributed by atoms with van der Waals surface area (Å²) in [5.74, 6) is 2.96. The van der Waals surface area contributed by atoms with Crippen LogP contribution in [0.2, 0.25) is 0 Å². The number of nitrogens with one attached hydrogen (secondary N) is 4. The minimum atomic E-state index is -0.515. The van der Waals surface area contributed by atoms with Crippen molar-refractivity contribution in [2.24, 2.45) is 22.7 Å². The second-order valence-electron chi connectivity index (χ2n) is 19.4. The number of carbonyl (C=O) groups excluding carboxylic acids is 4. The summed E-state index contributed by atoms with van der Waals surface area (Å²) in [6.07, 6.45) is 17.1. The molecule has 74 heavy (non-hydrogen) atoms. The van der Waals surface area contributed by atoms with Crippen molar-refractivity contribution in [2.75, 3.05) is 51.2 Å². The normalized spacial score (nSPS) is 20.6. The average Bonchev–Trinajstić information content (AvgIpc) is 3.35. The minimum absolute atomic E-state index is 0. The first-order valence-corrected chi connectivity index (χ1v) is 24.9. The van der Waals surface area contributed by atoms with Gasteiger partial charge in [0.25, 0.3) is 0 Å². The first-order chi connectivity index (χ1) is 33.8. The van der Waals surface area contributed by atoms with E-state index < -0.39 is 22.9 Å². The quantitative estimate of drug-likeness (QED) is 0.0526. The molecule has 19 heteroatoms. The summed E-state index contributed by atoms with van der Waals surface area (Å²) in [4.78, 5) is 68.8. The van der Waals surface area contributed by atoms with Crippen molar-refractivity contribution in [1.29, 1.82) is 0 Å². The molecular weight excluding hydrogens is 1050 g/mol. The Kier molecular flexibility index (Phi) is 25.6. The van der Waals surface area contributed by atoms with Crippen LogP contribution in [0.25, 0.3) is 6.08 Å². The number of ether oxygens (including phenoxy) is 4. The molecule has 4 aromatic heterocycles. The Morgan fingerprint density at radius 3 is 1.68 bits per heavy atom. The molecule has 2 amide bonds. The number of esters is 2. The van der Waals surface area contributed by atoms with Crippen LogP contribution >= 0.6 is 0 Å². The van der Waals surface area contributed by atoms with Crippen LogP contribution in [-0.2, 0) is 68.3 Å².